The van der Waals surface area contributed by atoms with Gasteiger partial charge in [-0.25, -0.2) is 4.79 Å². The van der Waals surface area contributed by atoms with Crippen molar-refractivity contribution >= 4 is 6.09 Å². The molecule has 0 bridgehead atoms. The van der Waals surface area contributed by atoms with E-state index in [1.165, 1.54) is 0 Å². The molecule has 17 heavy (non-hydrogen) atoms. The van der Waals surface area contributed by atoms with Gasteiger partial charge in [0.05, 0.1) is 5.60 Å². The Morgan fingerprint density at radius 1 is 1.47 bits per heavy atom. The van der Waals surface area contributed by atoms with Crippen LogP contribution in [0.25, 0.3) is 0 Å². The minimum absolute atomic E-state index is 0.0572. The summed E-state index contributed by atoms with van der Waals surface area (Å²) in [6.07, 6.45) is -0.319. The number of amides is 1. The molecule has 1 amide bonds. The van der Waals surface area contributed by atoms with Crippen LogP contribution in [0.1, 0.15) is 27.7 Å². The predicted molar refractivity (Wildman–Crippen MR) is 66.1 cm³/mol. The molecule has 0 radical (unpaired) electrons. The molecule has 5 heteroatoms. The van der Waals surface area contributed by atoms with Crippen molar-refractivity contribution in [2.45, 2.75) is 39.4 Å². The molecule has 0 aliphatic carbocycles. The first-order valence-electron chi connectivity index (χ1n) is 6.28. The van der Waals surface area contributed by atoms with E-state index in [1.807, 2.05) is 27.7 Å². The fourth-order valence-corrected chi connectivity index (χ4v) is 1.90. The molecule has 5 nitrogen and oxygen atoms in total. The fourth-order valence-electron chi connectivity index (χ4n) is 1.90. The Morgan fingerprint density at radius 3 is 2.65 bits per heavy atom. The lowest BCUT2D eigenvalue weighted by Gasteiger charge is -2.36. The molecule has 1 unspecified atom stereocenters. The molecule has 0 aromatic heterocycles. The highest BCUT2D eigenvalue weighted by molar-refractivity contribution is 5.67. The van der Waals surface area contributed by atoms with Gasteiger partial charge in [0.15, 0.2) is 0 Å². The van der Waals surface area contributed by atoms with Crippen LogP contribution in [0.2, 0.25) is 0 Å². The first-order valence-corrected chi connectivity index (χ1v) is 6.28. The Balaban J connectivity index is 2.33. The van der Waals surface area contributed by atoms with E-state index in [4.69, 9.17) is 9.47 Å². The minimum atomic E-state index is -0.262. The van der Waals surface area contributed by atoms with Crippen molar-refractivity contribution in [2.75, 3.05) is 32.8 Å². The molecule has 0 spiro atoms. The summed E-state index contributed by atoms with van der Waals surface area (Å²) < 4.78 is 11.1. The van der Waals surface area contributed by atoms with Gasteiger partial charge in [-0.05, 0) is 27.7 Å². The zero-order valence-corrected chi connectivity index (χ0v) is 11.3. The molecule has 1 saturated heterocycles. The van der Waals surface area contributed by atoms with Gasteiger partial charge in [0, 0.05) is 26.2 Å². The molecule has 0 saturated carbocycles. The Bertz CT molecular complexity index is 252. The van der Waals surface area contributed by atoms with Crippen LogP contribution in [0.15, 0.2) is 0 Å². The van der Waals surface area contributed by atoms with Crippen LogP contribution in [-0.2, 0) is 9.47 Å². The lowest BCUT2D eigenvalue weighted by atomic mass is 10.1. The van der Waals surface area contributed by atoms with E-state index in [9.17, 15) is 4.79 Å². The number of carbonyl (C=O) groups is 1. The second-order valence-corrected chi connectivity index (χ2v) is 4.88. The van der Waals surface area contributed by atoms with E-state index in [2.05, 4.69) is 5.32 Å². The van der Waals surface area contributed by atoms with E-state index in [-0.39, 0.29) is 17.8 Å². The highest BCUT2D eigenvalue weighted by atomic mass is 16.6. The number of rotatable bonds is 4. The van der Waals surface area contributed by atoms with Crippen LogP contribution >= 0.6 is 0 Å². The summed E-state index contributed by atoms with van der Waals surface area (Å²) in [5, 5.41) is 3.28. The lowest BCUT2D eigenvalue weighted by Crippen LogP contribution is -2.52. The van der Waals surface area contributed by atoms with E-state index < -0.39 is 0 Å². The Hall–Kier alpha value is -0.810. The summed E-state index contributed by atoms with van der Waals surface area (Å²) in [5.41, 5.74) is -0.190. The van der Waals surface area contributed by atoms with Crippen molar-refractivity contribution in [1.82, 2.24) is 10.2 Å². The van der Waals surface area contributed by atoms with Crippen LogP contribution in [0, 0.1) is 0 Å². The third kappa shape index (κ3) is 4.52. The zero-order chi connectivity index (χ0) is 12.9. The van der Waals surface area contributed by atoms with Crippen LogP contribution in [0.3, 0.4) is 0 Å². The maximum atomic E-state index is 11.6. The van der Waals surface area contributed by atoms with Crippen molar-refractivity contribution in [3.8, 4) is 0 Å². The number of ether oxygens (including phenoxy) is 2. The number of nitrogens with one attached hydrogen (secondary N) is 1. The second kappa shape index (κ2) is 6.21. The molecular formula is C12H24N2O3. The van der Waals surface area contributed by atoms with Gasteiger partial charge < -0.3 is 19.7 Å². The first kappa shape index (κ1) is 14.3. The van der Waals surface area contributed by atoms with Crippen LogP contribution < -0.4 is 5.32 Å². The standard InChI is InChI=1S/C12H24N2O3/c1-5-14(6-2)11(15)16-8-10-7-13-9-12(3,4)17-10/h10,13H,5-9H2,1-4H3. The number of hydrogen-bond acceptors (Lipinski definition) is 4. The largest absolute Gasteiger partial charge is 0.447 e. The monoisotopic (exact) mass is 244 g/mol. The minimum Gasteiger partial charge on any atom is -0.447 e. The second-order valence-electron chi connectivity index (χ2n) is 4.88. The van der Waals surface area contributed by atoms with Crippen molar-refractivity contribution in [2.24, 2.45) is 0 Å². The molecule has 0 aromatic carbocycles. The van der Waals surface area contributed by atoms with Crippen LogP contribution in [0.4, 0.5) is 4.79 Å². The van der Waals surface area contributed by atoms with Gasteiger partial charge >= 0.3 is 6.09 Å². The van der Waals surface area contributed by atoms with E-state index in [1.54, 1.807) is 4.90 Å². The van der Waals surface area contributed by atoms with Gasteiger partial charge in [0.25, 0.3) is 0 Å². The van der Waals surface area contributed by atoms with Crippen LogP contribution in [0.5, 0.6) is 0 Å². The quantitative estimate of drug-likeness (QED) is 0.808. The van der Waals surface area contributed by atoms with Crippen molar-refractivity contribution < 1.29 is 14.3 Å². The van der Waals surface area contributed by atoms with E-state index in [0.717, 1.165) is 13.1 Å². The van der Waals surface area contributed by atoms with Crippen molar-refractivity contribution in [3.05, 3.63) is 0 Å². The van der Waals surface area contributed by atoms with Crippen molar-refractivity contribution in [1.29, 1.82) is 0 Å². The molecular weight excluding hydrogens is 220 g/mol. The van der Waals surface area contributed by atoms with Gasteiger partial charge in [-0.3, -0.25) is 0 Å². The van der Waals surface area contributed by atoms with Gasteiger partial charge in [0.1, 0.15) is 12.7 Å². The molecule has 1 atom stereocenters. The summed E-state index contributed by atoms with van der Waals surface area (Å²) in [6.45, 7) is 11.1. The van der Waals surface area contributed by atoms with Crippen LogP contribution in [-0.4, -0.2) is 55.5 Å². The van der Waals surface area contributed by atoms with Gasteiger partial charge in [-0.1, -0.05) is 0 Å². The Labute approximate surface area is 103 Å². The molecule has 1 fully saturated rings. The van der Waals surface area contributed by atoms with Gasteiger partial charge in [-0.15, -0.1) is 0 Å². The fraction of sp³-hybridized carbons (Fsp3) is 0.917. The SMILES string of the molecule is CCN(CC)C(=O)OCC1CNCC(C)(C)O1. The van der Waals surface area contributed by atoms with E-state index in [0.29, 0.717) is 19.7 Å². The summed E-state index contributed by atoms with van der Waals surface area (Å²) in [7, 11) is 0. The normalized spacial score (nSPS) is 23.2. The summed E-state index contributed by atoms with van der Waals surface area (Å²) in [5.74, 6) is 0. The third-order valence-corrected chi connectivity index (χ3v) is 2.82. The molecule has 1 rings (SSSR count). The van der Waals surface area contributed by atoms with Gasteiger partial charge in [0.2, 0.25) is 0 Å². The maximum absolute atomic E-state index is 11.6. The Kier molecular flexibility index (Phi) is 5.21. The molecule has 1 N–H and O–H groups in total. The predicted octanol–water partition coefficient (Wildman–Crippen LogP) is 1.23. The summed E-state index contributed by atoms with van der Waals surface area (Å²) in [6, 6.07) is 0. The topological polar surface area (TPSA) is 50.8 Å². The number of carbonyl (C=O) groups excluding carboxylic acids is 1. The summed E-state index contributed by atoms with van der Waals surface area (Å²) >= 11 is 0. The summed E-state index contributed by atoms with van der Waals surface area (Å²) in [4.78, 5) is 13.3. The molecule has 1 aliphatic rings. The van der Waals surface area contributed by atoms with Crippen molar-refractivity contribution in [3.63, 3.8) is 0 Å². The number of nitrogens with zero attached hydrogens (tertiary/aromatic N) is 1. The lowest BCUT2D eigenvalue weighted by molar-refractivity contribution is -0.112. The Morgan fingerprint density at radius 2 is 2.12 bits per heavy atom. The number of morpholine rings is 1. The molecule has 1 heterocycles. The average molecular weight is 244 g/mol. The maximum Gasteiger partial charge on any atom is 0.409 e. The first-order chi connectivity index (χ1) is 7.98. The smallest absolute Gasteiger partial charge is 0.409 e. The number of hydrogen-bond donors (Lipinski definition) is 1. The zero-order valence-electron chi connectivity index (χ0n) is 11.3. The highest BCUT2D eigenvalue weighted by Gasteiger charge is 2.29. The molecule has 100 valence electrons. The van der Waals surface area contributed by atoms with Gasteiger partial charge in [-0.2, -0.15) is 0 Å². The molecule has 0 aromatic rings. The van der Waals surface area contributed by atoms with E-state index >= 15 is 0 Å². The molecule has 1 aliphatic heterocycles. The third-order valence-electron chi connectivity index (χ3n) is 2.82. The average Bonchev–Trinajstić information content (AvgIpc) is 2.27. The highest BCUT2D eigenvalue weighted by Crippen LogP contribution is 2.15.